The van der Waals surface area contributed by atoms with Gasteiger partial charge in [-0.25, -0.2) is 0 Å². The molecule has 0 unspecified atom stereocenters. The lowest BCUT2D eigenvalue weighted by molar-refractivity contribution is 0.104. The van der Waals surface area contributed by atoms with Gasteiger partial charge >= 0.3 is 0 Å². The zero-order valence-corrected chi connectivity index (χ0v) is 13.1. The van der Waals surface area contributed by atoms with Crippen molar-refractivity contribution in [1.82, 2.24) is 0 Å². The van der Waals surface area contributed by atoms with E-state index in [0.717, 1.165) is 0 Å². The van der Waals surface area contributed by atoms with E-state index in [1.54, 1.807) is 62.9 Å². The molecule has 2 aromatic carbocycles. The summed E-state index contributed by atoms with van der Waals surface area (Å²) < 4.78 is 10.3. The van der Waals surface area contributed by atoms with Crippen LogP contribution in [-0.4, -0.2) is 20.0 Å². The Kier molecular flexibility index (Phi) is 5.44. The highest BCUT2D eigenvalue weighted by Gasteiger charge is 2.04. The van der Waals surface area contributed by atoms with E-state index in [0.29, 0.717) is 27.8 Å². The minimum Gasteiger partial charge on any atom is -0.497 e. The molecule has 0 spiro atoms. The maximum atomic E-state index is 12.1. The van der Waals surface area contributed by atoms with Crippen LogP contribution in [0.4, 0.5) is 5.69 Å². The smallest absolute Gasteiger partial charge is 0.187 e. The van der Waals surface area contributed by atoms with Crippen LogP contribution in [0, 0.1) is 0 Å². The number of halogens is 1. The van der Waals surface area contributed by atoms with Gasteiger partial charge in [0.25, 0.3) is 0 Å². The van der Waals surface area contributed by atoms with Crippen LogP contribution in [0.2, 0.25) is 5.02 Å². The average Bonchev–Trinajstić information content (AvgIpc) is 2.55. The van der Waals surface area contributed by atoms with Gasteiger partial charge < -0.3 is 14.8 Å². The molecule has 0 saturated carbocycles. The average molecular weight is 318 g/mol. The fourth-order valence-corrected chi connectivity index (χ4v) is 2.04. The Morgan fingerprint density at radius 2 is 1.95 bits per heavy atom. The van der Waals surface area contributed by atoms with Crippen molar-refractivity contribution < 1.29 is 14.3 Å². The van der Waals surface area contributed by atoms with Crippen LogP contribution < -0.4 is 14.8 Å². The van der Waals surface area contributed by atoms with E-state index in [9.17, 15) is 4.79 Å². The molecule has 0 amide bonds. The fourth-order valence-electron chi connectivity index (χ4n) is 1.87. The molecule has 22 heavy (non-hydrogen) atoms. The molecule has 0 bridgehead atoms. The van der Waals surface area contributed by atoms with Crippen molar-refractivity contribution in [1.29, 1.82) is 0 Å². The summed E-state index contributed by atoms with van der Waals surface area (Å²) in [7, 11) is 3.13. The number of rotatable bonds is 6. The van der Waals surface area contributed by atoms with Gasteiger partial charge in [0.05, 0.1) is 19.9 Å². The number of anilines is 1. The van der Waals surface area contributed by atoms with E-state index >= 15 is 0 Å². The summed E-state index contributed by atoms with van der Waals surface area (Å²) in [5, 5.41) is 3.57. The van der Waals surface area contributed by atoms with Crippen LogP contribution in [0.15, 0.2) is 54.7 Å². The van der Waals surface area contributed by atoms with Crippen LogP contribution >= 0.6 is 11.6 Å². The highest BCUT2D eigenvalue weighted by Crippen LogP contribution is 2.27. The molecule has 0 radical (unpaired) electrons. The maximum absolute atomic E-state index is 12.1. The summed E-state index contributed by atoms with van der Waals surface area (Å²) in [6, 6.07) is 12.2. The van der Waals surface area contributed by atoms with Crippen LogP contribution in [0.3, 0.4) is 0 Å². The van der Waals surface area contributed by atoms with Crippen molar-refractivity contribution in [3.63, 3.8) is 0 Å². The second kappa shape index (κ2) is 7.52. The maximum Gasteiger partial charge on any atom is 0.187 e. The van der Waals surface area contributed by atoms with Crippen molar-refractivity contribution in [2.75, 3.05) is 19.5 Å². The third kappa shape index (κ3) is 4.02. The SMILES string of the molecule is COc1cccc(C(=O)/C=C/Nc2cc(Cl)ccc2OC)c1. The summed E-state index contributed by atoms with van der Waals surface area (Å²) in [4.78, 5) is 12.1. The Morgan fingerprint density at radius 1 is 1.14 bits per heavy atom. The number of carbonyl (C=O) groups excluding carboxylic acids is 1. The first-order chi connectivity index (χ1) is 10.6. The number of ketones is 1. The van der Waals surface area contributed by atoms with E-state index < -0.39 is 0 Å². The quantitative estimate of drug-likeness (QED) is 0.642. The topological polar surface area (TPSA) is 47.6 Å². The fraction of sp³-hybridized carbons (Fsp3) is 0.118. The number of carbonyl (C=O) groups is 1. The highest BCUT2D eigenvalue weighted by atomic mass is 35.5. The number of benzene rings is 2. The lowest BCUT2D eigenvalue weighted by Gasteiger charge is -2.08. The number of hydrogen-bond donors (Lipinski definition) is 1. The van der Waals surface area contributed by atoms with E-state index in [2.05, 4.69) is 5.32 Å². The van der Waals surface area contributed by atoms with Crippen LogP contribution in [-0.2, 0) is 0 Å². The van der Waals surface area contributed by atoms with E-state index in [1.165, 1.54) is 6.08 Å². The van der Waals surface area contributed by atoms with Crippen LogP contribution in [0.25, 0.3) is 0 Å². The number of ether oxygens (including phenoxy) is 2. The minimum absolute atomic E-state index is 0.132. The monoisotopic (exact) mass is 317 g/mol. The third-order valence-corrected chi connectivity index (χ3v) is 3.22. The van der Waals surface area contributed by atoms with E-state index in [1.807, 2.05) is 0 Å². The van der Waals surface area contributed by atoms with Crippen molar-refractivity contribution in [2.45, 2.75) is 0 Å². The van der Waals surface area contributed by atoms with Crippen molar-refractivity contribution >= 4 is 23.1 Å². The molecule has 0 aromatic heterocycles. The van der Waals surface area contributed by atoms with Gasteiger partial charge in [0.2, 0.25) is 0 Å². The molecule has 0 saturated heterocycles. The van der Waals surface area contributed by atoms with Crippen LogP contribution in [0.5, 0.6) is 11.5 Å². The zero-order valence-electron chi connectivity index (χ0n) is 12.3. The van der Waals surface area contributed by atoms with Gasteiger partial charge in [0, 0.05) is 22.9 Å². The van der Waals surface area contributed by atoms with E-state index in [4.69, 9.17) is 21.1 Å². The van der Waals surface area contributed by atoms with Gasteiger partial charge in [-0.15, -0.1) is 0 Å². The molecule has 2 aromatic rings. The Balaban J connectivity index is 2.09. The van der Waals surface area contributed by atoms with Gasteiger partial charge in [0.15, 0.2) is 5.78 Å². The summed E-state index contributed by atoms with van der Waals surface area (Å²) in [6.07, 6.45) is 2.99. The standard InChI is InChI=1S/C17H16ClNO3/c1-21-14-5-3-4-12(10-14)16(20)8-9-19-15-11-13(18)6-7-17(15)22-2/h3-11,19H,1-2H3/b9-8+. The molecular formula is C17H16ClNO3. The van der Waals surface area contributed by atoms with Gasteiger partial charge in [-0.1, -0.05) is 23.7 Å². The van der Waals surface area contributed by atoms with Gasteiger partial charge in [0.1, 0.15) is 11.5 Å². The Morgan fingerprint density at radius 3 is 2.68 bits per heavy atom. The van der Waals surface area contributed by atoms with Crippen molar-refractivity contribution in [2.24, 2.45) is 0 Å². The second-order valence-corrected chi connectivity index (χ2v) is 4.85. The number of nitrogens with one attached hydrogen (secondary N) is 1. The molecule has 114 valence electrons. The molecule has 0 aliphatic heterocycles. The lowest BCUT2D eigenvalue weighted by atomic mass is 10.1. The molecule has 0 fully saturated rings. The molecule has 5 heteroatoms. The largest absolute Gasteiger partial charge is 0.497 e. The predicted molar refractivity (Wildman–Crippen MR) is 88.1 cm³/mol. The first-order valence-corrected chi connectivity index (χ1v) is 6.97. The Bertz CT molecular complexity index is 698. The number of hydrogen-bond acceptors (Lipinski definition) is 4. The van der Waals surface area contributed by atoms with Crippen molar-refractivity contribution in [3.05, 3.63) is 65.3 Å². The molecule has 4 nitrogen and oxygen atoms in total. The first kappa shape index (κ1) is 15.9. The molecule has 0 atom stereocenters. The number of allylic oxidation sites excluding steroid dienone is 1. The van der Waals surface area contributed by atoms with Gasteiger partial charge in [-0.3, -0.25) is 4.79 Å². The molecule has 2 rings (SSSR count). The minimum atomic E-state index is -0.132. The third-order valence-electron chi connectivity index (χ3n) is 2.99. The first-order valence-electron chi connectivity index (χ1n) is 6.59. The zero-order chi connectivity index (χ0) is 15.9. The second-order valence-electron chi connectivity index (χ2n) is 4.42. The number of methoxy groups -OCH3 is 2. The van der Waals surface area contributed by atoms with Gasteiger partial charge in [-0.2, -0.15) is 0 Å². The summed E-state index contributed by atoms with van der Waals surface area (Å²) in [6.45, 7) is 0. The molecule has 0 heterocycles. The van der Waals surface area contributed by atoms with Gasteiger partial charge in [-0.05, 0) is 30.3 Å². The molecular weight excluding hydrogens is 302 g/mol. The predicted octanol–water partition coefficient (Wildman–Crippen LogP) is 4.17. The summed E-state index contributed by atoms with van der Waals surface area (Å²) in [5.41, 5.74) is 1.24. The van der Waals surface area contributed by atoms with Crippen LogP contribution in [0.1, 0.15) is 10.4 Å². The lowest BCUT2D eigenvalue weighted by Crippen LogP contribution is -1.98. The van der Waals surface area contributed by atoms with Crippen molar-refractivity contribution in [3.8, 4) is 11.5 Å². The highest BCUT2D eigenvalue weighted by molar-refractivity contribution is 6.30. The summed E-state index contributed by atoms with van der Waals surface area (Å²) >= 11 is 5.94. The Hall–Kier alpha value is -2.46. The normalized spacial score (nSPS) is 10.5. The van der Waals surface area contributed by atoms with E-state index in [-0.39, 0.29) is 5.78 Å². The molecule has 0 aliphatic carbocycles. The molecule has 0 aliphatic rings. The Labute approximate surface area is 134 Å². The molecule has 1 N–H and O–H groups in total. The summed E-state index contributed by atoms with van der Waals surface area (Å²) in [5.74, 6) is 1.15.